The van der Waals surface area contributed by atoms with E-state index in [9.17, 15) is 13.2 Å². The Hall–Kier alpha value is -1.12. The molecule has 0 bridgehead atoms. The maximum Gasteiger partial charge on any atom is 0.273 e. The van der Waals surface area contributed by atoms with Crippen LogP contribution >= 0.6 is 10.7 Å². The van der Waals surface area contributed by atoms with Crippen LogP contribution in [0.2, 0.25) is 0 Å². The number of nitrogens with one attached hydrogen (secondary N) is 2. The molecule has 1 unspecified atom stereocenters. The topological polar surface area (TPSA) is 101 Å². The number of aryl methyl sites for hydroxylation is 1. The number of hydrogen-bond donors (Lipinski definition) is 2. The maximum atomic E-state index is 12.2. The molecular weight excluding hydrogens is 306 g/mol. The van der Waals surface area contributed by atoms with E-state index in [0.717, 1.165) is 12.8 Å². The van der Waals surface area contributed by atoms with Crippen LogP contribution in [0.3, 0.4) is 0 Å². The van der Waals surface area contributed by atoms with Crippen molar-refractivity contribution in [1.29, 1.82) is 0 Å². The molecule has 1 aromatic heterocycles. The Morgan fingerprint density at radius 2 is 2.25 bits per heavy atom. The molecule has 2 rings (SSSR count). The van der Waals surface area contributed by atoms with Gasteiger partial charge in [-0.3, -0.25) is 9.89 Å². The molecule has 0 aromatic carbocycles. The van der Waals surface area contributed by atoms with E-state index in [-0.39, 0.29) is 16.3 Å². The number of aromatic nitrogens is 2. The monoisotopic (exact) mass is 321 g/mol. The van der Waals surface area contributed by atoms with Crippen LogP contribution in [0.15, 0.2) is 4.90 Å². The standard InChI is InChI=1S/C11H16ClN3O4S/c1-7-9(20(12,17)18)8(15-14-7)10(16)13-11(2)4-3-5-19-6-11/h3-6H2,1-2H3,(H,13,16)(H,14,15). The van der Waals surface area contributed by atoms with Crippen molar-refractivity contribution in [2.45, 2.75) is 37.1 Å². The number of nitrogens with zero attached hydrogens (tertiary/aromatic N) is 1. The molecule has 0 aliphatic carbocycles. The van der Waals surface area contributed by atoms with Gasteiger partial charge >= 0.3 is 0 Å². The first kappa shape index (κ1) is 15.3. The fraction of sp³-hybridized carbons (Fsp3) is 0.636. The molecule has 0 saturated carbocycles. The molecule has 1 aromatic rings. The predicted octanol–water partition coefficient (Wildman–Crippen LogP) is 0.945. The molecule has 2 N–H and O–H groups in total. The molecule has 0 spiro atoms. The van der Waals surface area contributed by atoms with Gasteiger partial charge in [0.15, 0.2) is 5.69 Å². The lowest BCUT2D eigenvalue weighted by molar-refractivity contribution is 0.0270. The van der Waals surface area contributed by atoms with Crippen molar-refractivity contribution in [2.24, 2.45) is 0 Å². The highest BCUT2D eigenvalue weighted by atomic mass is 35.7. The lowest BCUT2D eigenvalue weighted by atomic mass is 9.95. The largest absolute Gasteiger partial charge is 0.379 e. The summed E-state index contributed by atoms with van der Waals surface area (Å²) in [6.45, 7) is 4.38. The summed E-state index contributed by atoms with van der Waals surface area (Å²) in [6, 6.07) is 0. The molecule has 1 saturated heterocycles. The summed E-state index contributed by atoms with van der Waals surface area (Å²) in [4.78, 5) is 11.9. The summed E-state index contributed by atoms with van der Waals surface area (Å²) in [5.41, 5.74) is -0.519. The number of carbonyl (C=O) groups is 1. The molecule has 1 aliphatic rings. The van der Waals surface area contributed by atoms with E-state index in [1.54, 1.807) is 0 Å². The van der Waals surface area contributed by atoms with Gasteiger partial charge in [0.05, 0.1) is 17.8 Å². The Balaban J connectivity index is 2.26. The molecule has 112 valence electrons. The Morgan fingerprint density at radius 1 is 1.55 bits per heavy atom. The van der Waals surface area contributed by atoms with Crippen molar-refractivity contribution in [1.82, 2.24) is 15.5 Å². The van der Waals surface area contributed by atoms with E-state index in [4.69, 9.17) is 15.4 Å². The second-order valence-corrected chi connectivity index (χ2v) is 7.64. The summed E-state index contributed by atoms with van der Waals surface area (Å²) in [7, 11) is 1.30. The van der Waals surface area contributed by atoms with Crippen LogP contribution in [0.1, 0.15) is 35.9 Å². The van der Waals surface area contributed by atoms with Crippen molar-refractivity contribution >= 4 is 25.6 Å². The SMILES string of the molecule is Cc1[nH]nc(C(=O)NC2(C)CCCOC2)c1S(=O)(=O)Cl. The van der Waals surface area contributed by atoms with Gasteiger partial charge in [-0.05, 0) is 26.7 Å². The van der Waals surface area contributed by atoms with Crippen LogP contribution in [0.5, 0.6) is 0 Å². The number of carbonyl (C=O) groups excluding carboxylic acids is 1. The lowest BCUT2D eigenvalue weighted by Gasteiger charge is -2.34. The fourth-order valence-corrected chi connectivity index (χ4v) is 3.58. The van der Waals surface area contributed by atoms with Crippen molar-refractivity contribution in [2.75, 3.05) is 13.2 Å². The summed E-state index contributed by atoms with van der Waals surface area (Å²) in [5.74, 6) is -0.582. The predicted molar refractivity (Wildman–Crippen MR) is 72.3 cm³/mol. The van der Waals surface area contributed by atoms with E-state index in [2.05, 4.69) is 15.5 Å². The van der Waals surface area contributed by atoms with Gasteiger partial charge in [0, 0.05) is 17.3 Å². The van der Waals surface area contributed by atoms with Crippen LogP contribution in [-0.4, -0.2) is 43.3 Å². The first-order valence-corrected chi connectivity index (χ1v) is 8.44. The highest BCUT2D eigenvalue weighted by molar-refractivity contribution is 8.13. The van der Waals surface area contributed by atoms with Gasteiger partial charge in [0.2, 0.25) is 0 Å². The van der Waals surface area contributed by atoms with Crippen LogP contribution in [0.4, 0.5) is 0 Å². The molecule has 1 aliphatic heterocycles. The minimum atomic E-state index is -4.04. The van der Waals surface area contributed by atoms with E-state index in [1.807, 2.05) is 6.92 Å². The molecule has 2 heterocycles. The minimum Gasteiger partial charge on any atom is -0.379 e. The molecule has 7 nitrogen and oxygen atoms in total. The van der Waals surface area contributed by atoms with Gasteiger partial charge in [-0.15, -0.1) is 0 Å². The number of hydrogen-bond acceptors (Lipinski definition) is 5. The van der Waals surface area contributed by atoms with Gasteiger partial charge in [-0.2, -0.15) is 5.10 Å². The smallest absolute Gasteiger partial charge is 0.273 e. The summed E-state index contributed by atoms with van der Waals surface area (Å²) >= 11 is 0. The van der Waals surface area contributed by atoms with E-state index in [0.29, 0.717) is 13.2 Å². The third-order valence-electron chi connectivity index (χ3n) is 3.20. The molecule has 1 fully saturated rings. The minimum absolute atomic E-state index is 0.218. The fourth-order valence-electron chi connectivity index (χ4n) is 2.24. The normalized spacial score (nSPS) is 23.6. The van der Waals surface area contributed by atoms with Crippen LogP contribution < -0.4 is 5.32 Å². The van der Waals surface area contributed by atoms with Crippen LogP contribution in [0, 0.1) is 6.92 Å². The van der Waals surface area contributed by atoms with Crippen molar-refractivity contribution in [3.05, 3.63) is 11.4 Å². The number of rotatable bonds is 3. The molecule has 0 radical (unpaired) electrons. The summed E-state index contributed by atoms with van der Waals surface area (Å²) in [6.07, 6.45) is 1.59. The number of ether oxygens (including phenoxy) is 1. The molecular formula is C11H16ClN3O4S. The second-order valence-electron chi connectivity index (χ2n) is 5.14. The molecule has 1 atom stereocenters. The zero-order chi connectivity index (χ0) is 15.0. The Morgan fingerprint density at radius 3 is 2.80 bits per heavy atom. The van der Waals surface area contributed by atoms with Crippen molar-refractivity contribution in [3.8, 4) is 0 Å². The van der Waals surface area contributed by atoms with Gasteiger partial charge in [-0.25, -0.2) is 8.42 Å². The quantitative estimate of drug-likeness (QED) is 0.807. The first-order chi connectivity index (χ1) is 9.23. The van der Waals surface area contributed by atoms with Crippen LogP contribution in [0.25, 0.3) is 0 Å². The average Bonchev–Trinajstić information content (AvgIpc) is 2.71. The van der Waals surface area contributed by atoms with E-state index >= 15 is 0 Å². The number of H-pyrrole nitrogens is 1. The van der Waals surface area contributed by atoms with Crippen molar-refractivity contribution < 1.29 is 17.9 Å². The zero-order valence-corrected chi connectivity index (χ0v) is 12.8. The Kier molecular flexibility index (Phi) is 4.08. The highest BCUT2D eigenvalue weighted by Gasteiger charge is 2.33. The summed E-state index contributed by atoms with van der Waals surface area (Å²) in [5, 5.41) is 8.97. The average molecular weight is 322 g/mol. The maximum absolute atomic E-state index is 12.2. The Labute approximate surface area is 121 Å². The third-order valence-corrected chi connectivity index (χ3v) is 4.65. The van der Waals surface area contributed by atoms with Gasteiger partial charge < -0.3 is 10.1 Å². The third kappa shape index (κ3) is 3.13. The second kappa shape index (κ2) is 5.34. The number of halogens is 1. The Bertz CT molecular complexity index is 620. The molecule has 20 heavy (non-hydrogen) atoms. The van der Waals surface area contributed by atoms with Gasteiger partial charge in [0.25, 0.3) is 15.0 Å². The van der Waals surface area contributed by atoms with Gasteiger partial charge in [-0.1, -0.05) is 0 Å². The molecule has 9 heteroatoms. The van der Waals surface area contributed by atoms with E-state index in [1.165, 1.54) is 6.92 Å². The number of aromatic amines is 1. The summed E-state index contributed by atoms with van der Waals surface area (Å²) < 4.78 is 28.4. The van der Waals surface area contributed by atoms with Gasteiger partial charge in [0.1, 0.15) is 4.90 Å². The number of amides is 1. The highest BCUT2D eigenvalue weighted by Crippen LogP contribution is 2.24. The zero-order valence-electron chi connectivity index (χ0n) is 11.2. The lowest BCUT2D eigenvalue weighted by Crippen LogP contribution is -2.51. The first-order valence-electron chi connectivity index (χ1n) is 6.13. The van der Waals surface area contributed by atoms with Crippen LogP contribution in [-0.2, 0) is 13.8 Å². The van der Waals surface area contributed by atoms with E-state index < -0.39 is 20.5 Å². The van der Waals surface area contributed by atoms with Crippen molar-refractivity contribution in [3.63, 3.8) is 0 Å². The molecule has 1 amide bonds.